The van der Waals surface area contributed by atoms with Crippen LogP contribution < -0.4 is 5.73 Å². The molecule has 0 aliphatic rings. The molecule has 0 spiro atoms. The van der Waals surface area contributed by atoms with Crippen LogP contribution in [0.3, 0.4) is 0 Å². The highest BCUT2D eigenvalue weighted by Gasteiger charge is 1.94. The summed E-state index contributed by atoms with van der Waals surface area (Å²) >= 11 is 0. The van der Waals surface area contributed by atoms with Gasteiger partial charge < -0.3 is 15.6 Å². The zero-order valence-corrected chi connectivity index (χ0v) is 6.36. The van der Waals surface area contributed by atoms with Crippen molar-refractivity contribution in [3.63, 3.8) is 0 Å². The highest BCUT2D eigenvalue weighted by molar-refractivity contribution is 5.85. The van der Waals surface area contributed by atoms with Crippen molar-refractivity contribution in [2.45, 2.75) is 13.0 Å². The Morgan fingerprint density at radius 1 is 1.67 bits per heavy atom. The fourth-order valence-electron chi connectivity index (χ4n) is 0.322. The van der Waals surface area contributed by atoms with Gasteiger partial charge in [-0.15, -0.1) is 12.4 Å². The molecule has 1 atom stereocenters. The van der Waals surface area contributed by atoms with Gasteiger partial charge in [0.05, 0.1) is 19.3 Å². The number of hydrogen-bond donors (Lipinski definition) is 2. The second-order valence-electron chi connectivity index (χ2n) is 1.64. The highest BCUT2D eigenvalue weighted by Crippen LogP contribution is 1.83. The van der Waals surface area contributed by atoms with Gasteiger partial charge in [-0.3, -0.25) is 0 Å². The van der Waals surface area contributed by atoms with Crippen LogP contribution >= 0.6 is 12.4 Å². The van der Waals surface area contributed by atoms with E-state index < -0.39 is 0 Å². The summed E-state index contributed by atoms with van der Waals surface area (Å²) in [6.07, 6.45) is 0.0714. The van der Waals surface area contributed by atoms with E-state index in [9.17, 15) is 0 Å². The Bertz CT molecular complexity index is 54.2. The fraction of sp³-hybridized carbons (Fsp3) is 1.00. The first-order valence-electron chi connectivity index (χ1n) is 2.73. The average Bonchev–Trinajstić information content (AvgIpc) is 1.83. The van der Waals surface area contributed by atoms with Crippen LogP contribution in [0.4, 0.5) is 0 Å². The van der Waals surface area contributed by atoms with Crippen LogP contribution in [-0.4, -0.2) is 31.0 Å². The van der Waals surface area contributed by atoms with E-state index in [1.54, 1.807) is 0 Å². The Hall–Kier alpha value is 0.170. The standard InChI is InChI=1S/C5H13NO2.ClH/c1-5(4-6)8-3-2-7;/h5,7H,2-4,6H2,1H3;1H. The van der Waals surface area contributed by atoms with Crippen molar-refractivity contribution in [3.8, 4) is 0 Å². The van der Waals surface area contributed by atoms with E-state index in [1.165, 1.54) is 0 Å². The summed E-state index contributed by atoms with van der Waals surface area (Å²) in [5, 5.41) is 8.24. The minimum Gasteiger partial charge on any atom is -0.394 e. The monoisotopic (exact) mass is 155 g/mol. The van der Waals surface area contributed by atoms with Crippen molar-refractivity contribution >= 4 is 12.4 Å². The number of ether oxygens (including phenoxy) is 1. The Morgan fingerprint density at radius 2 is 2.22 bits per heavy atom. The lowest BCUT2D eigenvalue weighted by atomic mass is 10.4. The molecule has 3 nitrogen and oxygen atoms in total. The molecule has 0 rings (SSSR count). The number of aliphatic hydroxyl groups excluding tert-OH is 1. The lowest BCUT2D eigenvalue weighted by Crippen LogP contribution is -2.21. The lowest BCUT2D eigenvalue weighted by molar-refractivity contribution is 0.0441. The van der Waals surface area contributed by atoms with Gasteiger partial charge in [0.2, 0.25) is 0 Å². The smallest absolute Gasteiger partial charge is 0.0701 e. The number of hydrogen-bond acceptors (Lipinski definition) is 3. The van der Waals surface area contributed by atoms with Gasteiger partial charge in [0.15, 0.2) is 0 Å². The molecule has 0 amide bonds. The third kappa shape index (κ3) is 8.17. The molecule has 0 saturated carbocycles. The first-order chi connectivity index (χ1) is 3.81. The van der Waals surface area contributed by atoms with E-state index in [0.717, 1.165) is 0 Å². The molecule has 0 aromatic rings. The van der Waals surface area contributed by atoms with E-state index in [0.29, 0.717) is 13.2 Å². The van der Waals surface area contributed by atoms with Crippen molar-refractivity contribution < 1.29 is 9.84 Å². The maximum absolute atomic E-state index is 8.24. The predicted octanol–water partition coefficient (Wildman–Crippen LogP) is -0.236. The van der Waals surface area contributed by atoms with Gasteiger partial charge in [-0.1, -0.05) is 0 Å². The molecule has 1 unspecified atom stereocenters. The van der Waals surface area contributed by atoms with E-state index in [4.69, 9.17) is 15.6 Å². The maximum atomic E-state index is 8.24. The first kappa shape index (κ1) is 11.9. The van der Waals surface area contributed by atoms with E-state index >= 15 is 0 Å². The molecular weight excluding hydrogens is 142 g/mol. The molecule has 0 radical (unpaired) electrons. The molecule has 58 valence electrons. The molecule has 0 aromatic heterocycles. The minimum atomic E-state index is 0. The molecule has 0 fully saturated rings. The van der Waals surface area contributed by atoms with Crippen molar-refractivity contribution in [2.75, 3.05) is 19.8 Å². The van der Waals surface area contributed by atoms with E-state index in [1.807, 2.05) is 6.92 Å². The van der Waals surface area contributed by atoms with Crippen LogP contribution in [0.25, 0.3) is 0 Å². The number of aliphatic hydroxyl groups is 1. The summed E-state index contributed by atoms with van der Waals surface area (Å²) in [5.74, 6) is 0. The Kier molecular flexibility index (Phi) is 10.8. The molecule has 0 bridgehead atoms. The van der Waals surface area contributed by atoms with Gasteiger partial charge in [-0.25, -0.2) is 0 Å². The van der Waals surface area contributed by atoms with Crippen LogP contribution in [0.5, 0.6) is 0 Å². The minimum absolute atomic E-state index is 0. The number of nitrogens with two attached hydrogens (primary N) is 1. The van der Waals surface area contributed by atoms with Crippen LogP contribution in [-0.2, 0) is 4.74 Å². The second-order valence-corrected chi connectivity index (χ2v) is 1.64. The SMILES string of the molecule is CC(CN)OCCO.Cl. The lowest BCUT2D eigenvalue weighted by Gasteiger charge is -2.07. The Morgan fingerprint density at radius 3 is 2.56 bits per heavy atom. The summed E-state index contributed by atoms with van der Waals surface area (Å²) in [6.45, 7) is 2.85. The second kappa shape index (κ2) is 8.17. The zero-order valence-electron chi connectivity index (χ0n) is 5.54. The normalized spacial score (nSPS) is 12.3. The van der Waals surface area contributed by atoms with Crippen molar-refractivity contribution in [1.82, 2.24) is 0 Å². The summed E-state index contributed by atoms with van der Waals surface area (Å²) in [4.78, 5) is 0. The molecular formula is C5H14ClNO2. The highest BCUT2D eigenvalue weighted by atomic mass is 35.5. The average molecular weight is 156 g/mol. The van der Waals surface area contributed by atoms with Gasteiger partial charge >= 0.3 is 0 Å². The van der Waals surface area contributed by atoms with Gasteiger partial charge in [-0.2, -0.15) is 0 Å². The van der Waals surface area contributed by atoms with Gasteiger partial charge in [0, 0.05) is 6.54 Å². The Balaban J connectivity index is 0. The zero-order chi connectivity index (χ0) is 6.41. The maximum Gasteiger partial charge on any atom is 0.0701 e. The molecule has 0 aliphatic carbocycles. The third-order valence-corrected chi connectivity index (χ3v) is 0.826. The number of halogens is 1. The van der Waals surface area contributed by atoms with E-state index in [-0.39, 0.29) is 25.1 Å². The van der Waals surface area contributed by atoms with Crippen molar-refractivity contribution in [1.29, 1.82) is 0 Å². The van der Waals surface area contributed by atoms with Crippen LogP contribution in [0.2, 0.25) is 0 Å². The van der Waals surface area contributed by atoms with Crippen LogP contribution in [0.15, 0.2) is 0 Å². The van der Waals surface area contributed by atoms with Gasteiger partial charge in [0.1, 0.15) is 0 Å². The molecule has 9 heavy (non-hydrogen) atoms. The van der Waals surface area contributed by atoms with Crippen molar-refractivity contribution in [2.24, 2.45) is 5.73 Å². The summed E-state index contributed by atoms with van der Waals surface area (Å²) in [5.41, 5.74) is 5.21. The molecule has 0 aromatic carbocycles. The number of rotatable bonds is 4. The van der Waals surface area contributed by atoms with Crippen LogP contribution in [0, 0.1) is 0 Å². The Labute approximate surface area is 61.6 Å². The van der Waals surface area contributed by atoms with Gasteiger partial charge in [-0.05, 0) is 6.92 Å². The summed E-state index contributed by atoms with van der Waals surface area (Å²) < 4.78 is 4.97. The molecule has 0 saturated heterocycles. The fourth-order valence-corrected chi connectivity index (χ4v) is 0.322. The summed E-state index contributed by atoms with van der Waals surface area (Å²) in [7, 11) is 0. The topological polar surface area (TPSA) is 55.5 Å². The molecule has 0 aliphatic heterocycles. The van der Waals surface area contributed by atoms with Crippen molar-refractivity contribution in [3.05, 3.63) is 0 Å². The molecule has 4 heteroatoms. The predicted molar refractivity (Wildman–Crippen MR) is 38.8 cm³/mol. The largest absolute Gasteiger partial charge is 0.394 e. The first-order valence-corrected chi connectivity index (χ1v) is 2.73. The van der Waals surface area contributed by atoms with Crippen LogP contribution in [0.1, 0.15) is 6.92 Å². The van der Waals surface area contributed by atoms with Gasteiger partial charge in [0.25, 0.3) is 0 Å². The molecule has 3 N–H and O–H groups in total. The third-order valence-electron chi connectivity index (χ3n) is 0.826. The molecule has 0 heterocycles. The quantitative estimate of drug-likeness (QED) is 0.590. The summed E-state index contributed by atoms with van der Waals surface area (Å²) in [6, 6.07) is 0. The van der Waals surface area contributed by atoms with E-state index in [2.05, 4.69) is 0 Å².